The fraction of sp³-hybridized carbons (Fsp3) is 0.136. The van der Waals surface area contributed by atoms with E-state index in [4.69, 9.17) is 9.47 Å². The molecule has 1 unspecified atom stereocenters. The number of para-hydroxylation sites is 2. The summed E-state index contributed by atoms with van der Waals surface area (Å²) in [4.78, 5) is 36.5. The second kappa shape index (κ2) is 7.52. The lowest BCUT2D eigenvalue weighted by Gasteiger charge is -2.25. The lowest BCUT2D eigenvalue weighted by atomic mass is 10.0. The molecule has 0 fully saturated rings. The van der Waals surface area contributed by atoms with Crippen LogP contribution in [0.2, 0.25) is 0 Å². The van der Waals surface area contributed by atoms with Crippen LogP contribution < -0.4 is 10.1 Å². The van der Waals surface area contributed by atoms with Crippen LogP contribution in [0.1, 0.15) is 16.8 Å². The van der Waals surface area contributed by atoms with E-state index in [0.717, 1.165) is 10.8 Å². The molecule has 4 rings (SSSR count). The molecular formula is C22H17NO5. The maximum atomic E-state index is 12.3. The van der Waals surface area contributed by atoms with Crippen LogP contribution in [0.5, 0.6) is 5.75 Å². The highest BCUT2D eigenvalue weighted by Gasteiger charge is 2.30. The maximum absolute atomic E-state index is 12.3. The number of hydrogen-bond acceptors (Lipinski definition) is 5. The second-order valence-corrected chi connectivity index (χ2v) is 6.44. The summed E-state index contributed by atoms with van der Waals surface area (Å²) in [5.41, 5.74) is 1.02. The number of anilines is 1. The van der Waals surface area contributed by atoms with Gasteiger partial charge >= 0.3 is 5.97 Å². The molecule has 0 saturated heterocycles. The lowest BCUT2D eigenvalue weighted by Crippen LogP contribution is -2.39. The molecule has 0 aliphatic carbocycles. The molecule has 3 aromatic carbocycles. The summed E-state index contributed by atoms with van der Waals surface area (Å²) in [5.74, 6) is -0.907. The first-order valence-electron chi connectivity index (χ1n) is 8.84. The topological polar surface area (TPSA) is 81.7 Å². The molecule has 1 heterocycles. The summed E-state index contributed by atoms with van der Waals surface area (Å²) in [6.45, 7) is -0.387. The highest BCUT2D eigenvalue weighted by molar-refractivity contribution is 6.02. The first-order valence-corrected chi connectivity index (χ1v) is 8.84. The molecule has 0 radical (unpaired) electrons. The number of ether oxygens (including phenoxy) is 2. The van der Waals surface area contributed by atoms with E-state index >= 15 is 0 Å². The minimum Gasteiger partial charge on any atom is -0.478 e. The Morgan fingerprint density at radius 3 is 2.57 bits per heavy atom. The number of rotatable bonds is 5. The van der Waals surface area contributed by atoms with Gasteiger partial charge in [-0.2, -0.15) is 0 Å². The van der Waals surface area contributed by atoms with Crippen LogP contribution in [-0.4, -0.2) is 30.4 Å². The van der Waals surface area contributed by atoms with Crippen molar-refractivity contribution < 1.29 is 23.9 Å². The Bertz CT molecular complexity index is 1080. The van der Waals surface area contributed by atoms with E-state index in [2.05, 4.69) is 5.32 Å². The monoisotopic (exact) mass is 375 g/mol. The number of carbonyl (C=O) groups is 3. The van der Waals surface area contributed by atoms with Crippen molar-refractivity contribution in [3.63, 3.8) is 0 Å². The van der Waals surface area contributed by atoms with E-state index in [0.29, 0.717) is 17.0 Å². The molecule has 6 heteroatoms. The summed E-state index contributed by atoms with van der Waals surface area (Å²) in [5, 5.41) is 4.64. The summed E-state index contributed by atoms with van der Waals surface area (Å²) in [6, 6.07) is 20.0. The van der Waals surface area contributed by atoms with Gasteiger partial charge in [-0.25, -0.2) is 0 Å². The van der Waals surface area contributed by atoms with Crippen molar-refractivity contribution in [2.75, 3.05) is 11.9 Å². The van der Waals surface area contributed by atoms with Gasteiger partial charge in [0.25, 0.3) is 5.91 Å². The number of carbonyl (C=O) groups excluding carboxylic acids is 3. The molecule has 0 aromatic heterocycles. The van der Waals surface area contributed by atoms with Crippen molar-refractivity contribution in [3.05, 3.63) is 72.3 Å². The van der Waals surface area contributed by atoms with E-state index in [-0.39, 0.29) is 18.8 Å². The van der Waals surface area contributed by atoms with E-state index in [1.165, 1.54) is 0 Å². The first-order chi connectivity index (χ1) is 13.6. The molecule has 1 amide bonds. The number of ketones is 1. The largest absolute Gasteiger partial charge is 0.478 e. The van der Waals surface area contributed by atoms with Gasteiger partial charge in [-0.3, -0.25) is 14.4 Å². The highest BCUT2D eigenvalue weighted by Crippen LogP contribution is 2.29. The molecule has 28 heavy (non-hydrogen) atoms. The molecule has 140 valence electrons. The Labute approximate surface area is 161 Å². The number of nitrogens with one attached hydrogen (secondary N) is 1. The minimum absolute atomic E-state index is 0.273. The van der Waals surface area contributed by atoms with Gasteiger partial charge in [0.15, 0.2) is 18.5 Å². The van der Waals surface area contributed by atoms with Gasteiger partial charge in [0, 0.05) is 5.56 Å². The van der Waals surface area contributed by atoms with E-state index < -0.39 is 18.0 Å². The zero-order valence-electron chi connectivity index (χ0n) is 14.9. The van der Waals surface area contributed by atoms with Gasteiger partial charge in [-0.15, -0.1) is 0 Å². The van der Waals surface area contributed by atoms with Crippen molar-refractivity contribution in [1.29, 1.82) is 0 Å². The number of hydrogen-bond donors (Lipinski definition) is 1. The van der Waals surface area contributed by atoms with Crippen LogP contribution in [0.15, 0.2) is 66.7 Å². The van der Waals surface area contributed by atoms with Crippen LogP contribution >= 0.6 is 0 Å². The van der Waals surface area contributed by atoms with Crippen molar-refractivity contribution in [2.45, 2.75) is 12.5 Å². The highest BCUT2D eigenvalue weighted by atomic mass is 16.5. The van der Waals surface area contributed by atoms with Crippen molar-refractivity contribution in [2.24, 2.45) is 0 Å². The SMILES string of the molecule is O=C(CC1Oc2ccccc2NC1=O)OCC(=O)c1ccc2ccccc2c1. The number of Topliss-reactive ketones (excluding diaryl/α,β-unsaturated/α-hetero) is 1. The predicted octanol–water partition coefficient (Wildman–Crippen LogP) is 3.36. The number of benzene rings is 3. The third kappa shape index (κ3) is 3.71. The van der Waals surface area contributed by atoms with E-state index in [1.54, 1.807) is 36.4 Å². The summed E-state index contributed by atoms with van der Waals surface area (Å²) in [7, 11) is 0. The Hall–Kier alpha value is -3.67. The van der Waals surface area contributed by atoms with E-state index in [9.17, 15) is 14.4 Å². The molecule has 1 aliphatic rings. The van der Waals surface area contributed by atoms with Gasteiger partial charge in [-0.1, -0.05) is 48.5 Å². The summed E-state index contributed by atoms with van der Waals surface area (Å²) in [6.07, 6.45) is -1.26. The Kier molecular flexibility index (Phi) is 4.76. The summed E-state index contributed by atoms with van der Waals surface area (Å²) >= 11 is 0. The average Bonchev–Trinajstić information content (AvgIpc) is 2.72. The fourth-order valence-corrected chi connectivity index (χ4v) is 3.03. The van der Waals surface area contributed by atoms with Crippen LogP contribution in [0.25, 0.3) is 10.8 Å². The molecule has 1 N–H and O–H groups in total. The predicted molar refractivity (Wildman–Crippen MR) is 103 cm³/mol. The van der Waals surface area contributed by atoms with Gasteiger partial charge in [0.2, 0.25) is 0 Å². The number of amides is 1. The number of fused-ring (bicyclic) bond motifs is 2. The minimum atomic E-state index is -0.988. The zero-order valence-corrected chi connectivity index (χ0v) is 14.9. The third-order valence-corrected chi connectivity index (χ3v) is 4.49. The average molecular weight is 375 g/mol. The summed E-state index contributed by atoms with van der Waals surface area (Å²) < 4.78 is 10.6. The Balaban J connectivity index is 1.35. The lowest BCUT2D eigenvalue weighted by molar-refractivity contribution is -0.146. The maximum Gasteiger partial charge on any atom is 0.310 e. The van der Waals surface area contributed by atoms with Crippen LogP contribution in [0.4, 0.5) is 5.69 Å². The number of esters is 1. The van der Waals surface area contributed by atoms with Crippen molar-refractivity contribution in [1.82, 2.24) is 0 Å². The Morgan fingerprint density at radius 1 is 0.964 bits per heavy atom. The molecule has 0 spiro atoms. The smallest absolute Gasteiger partial charge is 0.310 e. The van der Waals surface area contributed by atoms with Crippen LogP contribution in [0.3, 0.4) is 0 Å². The molecule has 0 saturated carbocycles. The van der Waals surface area contributed by atoms with Gasteiger partial charge in [-0.05, 0) is 29.0 Å². The molecule has 6 nitrogen and oxygen atoms in total. The second-order valence-electron chi connectivity index (χ2n) is 6.44. The fourth-order valence-electron chi connectivity index (χ4n) is 3.03. The molecular weight excluding hydrogens is 358 g/mol. The standard InChI is InChI=1S/C22H17NO5/c24-18(16-10-9-14-5-1-2-6-15(14)11-16)13-27-21(25)12-20-22(26)23-17-7-3-4-8-19(17)28-20/h1-11,20H,12-13H2,(H,23,26). The first kappa shape index (κ1) is 17.7. The van der Waals surface area contributed by atoms with Gasteiger partial charge in [0.1, 0.15) is 5.75 Å². The van der Waals surface area contributed by atoms with Crippen molar-refractivity contribution >= 4 is 34.1 Å². The quantitative estimate of drug-likeness (QED) is 0.546. The van der Waals surface area contributed by atoms with E-state index in [1.807, 2.05) is 30.3 Å². The molecule has 1 aliphatic heterocycles. The third-order valence-electron chi connectivity index (χ3n) is 4.49. The van der Waals surface area contributed by atoms with Crippen LogP contribution in [0, 0.1) is 0 Å². The molecule has 0 bridgehead atoms. The van der Waals surface area contributed by atoms with Gasteiger partial charge < -0.3 is 14.8 Å². The molecule has 1 atom stereocenters. The van der Waals surface area contributed by atoms with Gasteiger partial charge in [0.05, 0.1) is 12.1 Å². The van der Waals surface area contributed by atoms with Crippen molar-refractivity contribution in [3.8, 4) is 5.75 Å². The Morgan fingerprint density at radius 2 is 1.71 bits per heavy atom. The zero-order chi connectivity index (χ0) is 19.5. The molecule has 3 aromatic rings. The normalized spacial score (nSPS) is 15.3. The van der Waals surface area contributed by atoms with Crippen LogP contribution in [-0.2, 0) is 14.3 Å².